The van der Waals surface area contributed by atoms with Gasteiger partial charge in [-0.1, -0.05) is 36.7 Å². The molecule has 3 aromatic carbocycles. The van der Waals surface area contributed by atoms with E-state index in [9.17, 15) is 8.42 Å². The van der Waals surface area contributed by atoms with Crippen molar-refractivity contribution in [3.8, 4) is 11.5 Å². The molecule has 1 aromatic heterocycles. The summed E-state index contributed by atoms with van der Waals surface area (Å²) in [5.41, 5.74) is 8.73. The molecule has 0 amide bonds. The quantitative estimate of drug-likeness (QED) is 0.293. The fourth-order valence-electron chi connectivity index (χ4n) is 3.47. The van der Waals surface area contributed by atoms with E-state index in [1.165, 1.54) is 12.1 Å². The summed E-state index contributed by atoms with van der Waals surface area (Å²) >= 11 is 6.51. The standard InChI is InChI=1S/C24H23ClN4O3S/c1-3-15-10-18(29-33(30,31)23-9-8-17(27-2)13-21(23)26)12-20(25)24(15)32-19-11-16-6-4-5-7-22(16)28-14-19/h4-14,27,29H,3,26H2,1-2H3. The molecule has 1 heterocycles. The Morgan fingerprint density at radius 2 is 1.85 bits per heavy atom. The van der Waals surface area contributed by atoms with Gasteiger partial charge in [-0.3, -0.25) is 9.71 Å². The number of hydrogen-bond acceptors (Lipinski definition) is 6. The number of sulfonamides is 1. The summed E-state index contributed by atoms with van der Waals surface area (Å²) in [7, 11) is -2.19. The molecule has 0 spiro atoms. The van der Waals surface area contributed by atoms with E-state index < -0.39 is 10.0 Å². The number of nitrogens with one attached hydrogen (secondary N) is 2. The highest BCUT2D eigenvalue weighted by atomic mass is 35.5. The van der Waals surface area contributed by atoms with Crippen molar-refractivity contribution in [1.82, 2.24) is 4.98 Å². The average Bonchev–Trinajstić information content (AvgIpc) is 2.79. The normalized spacial score (nSPS) is 11.4. The number of fused-ring (bicyclic) bond motifs is 1. The Bertz CT molecular complexity index is 1440. The van der Waals surface area contributed by atoms with Gasteiger partial charge in [-0.15, -0.1) is 0 Å². The van der Waals surface area contributed by atoms with Gasteiger partial charge in [0.25, 0.3) is 10.0 Å². The first-order valence-corrected chi connectivity index (χ1v) is 12.1. The molecule has 0 fully saturated rings. The largest absolute Gasteiger partial charge is 0.454 e. The van der Waals surface area contributed by atoms with Gasteiger partial charge in [-0.2, -0.15) is 0 Å². The highest BCUT2D eigenvalue weighted by Crippen LogP contribution is 2.37. The number of halogens is 1. The number of aromatic nitrogens is 1. The number of nitrogens with two attached hydrogens (primary N) is 1. The Hall–Kier alpha value is -3.49. The van der Waals surface area contributed by atoms with Crippen molar-refractivity contribution in [3.05, 3.63) is 77.4 Å². The van der Waals surface area contributed by atoms with Crippen LogP contribution >= 0.6 is 11.6 Å². The summed E-state index contributed by atoms with van der Waals surface area (Å²) in [6, 6.07) is 17.5. The summed E-state index contributed by atoms with van der Waals surface area (Å²) < 4.78 is 34.5. The molecule has 9 heteroatoms. The summed E-state index contributed by atoms with van der Waals surface area (Å²) in [5, 5.41) is 4.14. The maximum Gasteiger partial charge on any atom is 0.263 e. The van der Waals surface area contributed by atoms with Gasteiger partial charge in [0.15, 0.2) is 0 Å². The minimum absolute atomic E-state index is 0.0155. The number of nitrogen functional groups attached to an aromatic ring is 1. The van der Waals surface area contributed by atoms with Crippen LogP contribution in [0.15, 0.2) is 71.8 Å². The molecule has 170 valence electrons. The zero-order chi connectivity index (χ0) is 23.6. The van der Waals surface area contributed by atoms with Crippen LogP contribution in [0.25, 0.3) is 10.9 Å². The predicted molar refractivity (Wildman–Crippen MR) is 134 cm³/mol. The molecule has 0 aliphatic carbocycles. The molecule has 0 atom stereocenters. The Labute approximate surface area is 197 Å². The number of anilines is 3. The van der Waals surface area contributed by atoms with Crippen LogP contribution in [0.1, 0.15) is 12.5 Å². The van der Waals surface area contributed by atoms with Crippen LogP contribution in [-0.2, 0) is 16.4 Å². The van der Waals surface area contributed by atoms with Crippen molar-refractivity contribution < 1.29 is 13.2 Å². The lowest BCUT2D eigenvalue weighted by atomic mass is 10.1. The number of nitrogens with zero attached hydrogens (tertiary/aromatic N) is 1. The molecule has 0 radical (unpaired) electrons. The van der Waals surface area contributed by atoms with Crippen LogP contribution in [-0.4, -0.2) is 20.4 Å². The van der Waals surface area contributed by atoms with Gasteiger partial charge in [0.05, 0.1) is 28.1 Å². The molecular weight excluding hydrogens is 460 g/mol. The number of aryl methyl sites for hydroxylation is 1. The lowest BCUT2D eigenvalue weighted by molar-refractivity contribution is 0.476. The first kappa shape index (κ1) is 22.7. The molecule has 4 N–H and O–H groups in total. The van der Waals surface area contributed by atoms with Crippen LogP contribution in [0.4, 0.5) is 17.1 Å². The molecule has 0 saturated heterocycles. The minimum atomic E-state index is -3.92. The Balaban J connectivity index is 1.64. The van der Waals surface area contributed by atoms with Gasteiger partial charge in [0, 0.05) is 18.1 Å². The second-order valence-electron chi connectivity index (χ2n) is 7.37. The summed E-state index contributed by atoms with van der Waals surface area (Å²) in [6.45, 7) is 1.93. The lowest BCUT2D eigenvalue weighted by Crippen LogP contribution is -2.15. The minimum Gasteiger partial charge on any atom is -0.454 e. The van der Waals surface area contributed by atoms with Gasteiger partial charge in [-0.25, -0.2) is 8.42 Å². The molecule has 0 aliphatic rings. The van der Waals surface area contributed by atoms with Gasteiger partial charge < -0.3 is 15.8 Å². The van der Waals surface area contributed by atoms with E-state index >= 15 is 0 Å². The molecule has 0 aliphatic heterocycles. The number of para-hydroxylation sites is 1. The third-order valence-corrected chi connectivity index (χ3v) is 6.86. The highest BCUT2D eigenvalue weighted by molar-refractivity contribution is 7.92. The zero-order valence-electron chi connectivity index (χ0n) is 18.1. The van der Waals surface area contributed by atoms with Gasteiger partial charge in [-0.05, 0) is 54.4 Å². The third-order valence-electron chi connectivity index (χ3n) is 5.13. The predicted octanol–water partition coefficient (Wildman–Crippen LogP) is 5.67. The number of hydrogen-bond donors (Lipinski definition) is 3. The Morgan fingerprint density at radius 3 is 2.58 bits per heavy atom. The Kier molecular flexibility index (Phi) is 6.31. The van der Waals surface area contributed by atoms with Crippen molar-refractivity contribution in [1.29, 1.82) is 0 Å². The van der Waals surface area contributed by atoms with Crippen LogP contribution in [0.2, 0.25) is 5.02 Å². The smallest absolute Gasteiger partial charge is 0.263 e. The number of benzene rings is 3. The highest BCUT2D eigenvalue weighted by Gasteiger charge is 2.20. The topological polar surface area (TPSA) is 106 Å². The molecule has 7 nitrogen and oxygen atoms in total. The maximum absolute atomic E-state index is 12.9. The SMILES string of the molecule is CCc1cc(NS(=O)(=O)c2ccc(NC)cc2N)cc(Cl)c1Oc1cnc2ccccc2c1. The summed E-state index contributed by atoms with van der Waals surface area (Å²) in [5.74, 6) is 0.994. The van der Waals surface area contributed by atoms with E-state index in [1.807, 2.05) is 37.3 Å². The number of ether oxygens (including phenoxy) is 1. The van der Waals surface area contributed by atoms with Gasteiger partial charge >= 0.3 is 0 Å². The van der Waals surface area contributed by atoms with Crippen LogP contribution in [0, 0.1) is 0 Å². The summed E-state index contributed by atoms with van der Waals surface area (Å²) in [6.07, 6.45) is 2.21. The summed E-state index contributed by atoms with van der Waals surface area (Å²) in [4.78, 5) is 4.39. The van der Waals surface area contributed by atoms with E-state index in [4.69, 9.17) is 22.1 Å². The third kappa shape index (κ3) is 4.81. The molecule has 33 heavy (non-hydrogen) atoms. The zero-order valence-corrected chi connectivity index (χ0v) is 19.7. The second kappa shape index (κ2) is 9.17. The second-order valence-corrected chi connectivity index (χ2v) is 9.43. The van der Waals surface area contributed by atoms with E-state index in [-0.39, 0.29) is 15.6 Å². The molecule has 0 unspecified atom stereocenters. The van der Waals surface area contributed by atoms with Crippen molar-refractivity contribution in [2.45, 2.75) is 18.2 Å². The van der Waals surface area contributed by atoms with Crippen molar-refractivity contribution in [2.24, 2.45) is 0 Å². The van der Waals surface area contributed by atoms with Gasteiger partial charge in [0.2, 0.25) is 0 Å². The molecule has 0 saturated carbocycles. The molecule has 4 aromatic rings. The average molecular weight is 483 g/mol. The molecule has 0 bridgehead atoms. The molecule has 4 rings (SSSR count). The molecular formula is C24H23ClN4O3S. The van der Waals surface area contributed by atoms with Crippen LogP contribution in [0.3, 0.4) is 0 Å². The van der Waals surface area contributed by atoms with E-state index in [0.717, 1.165) is 16.5 Å². The number of rotatable bonds is 7. The fraction of sp³-hybridized carbons (Fsp3) is 0.125. The van der Waals surface area contributed by atoms with E-state index in [1.54, 1.807) is 31.4 Å². The van der Waals surface area contributed by atoms with Crippen LogP contribution in [0.5, 0.6) is 11.5 Å². The Morgan fingerprint density at radius 1 is 1.06 bits per heavy atom. The number of pyridine rings is 1. The monoisotopic (exact) mass is 482 g/mol. The van der Waals surface area contributed by atoms with E-state index in [0.29, 0.717) is 29.3 Å². The van der Waals surface area contributed by atoms with E-state index in [2.05, 4.69) is 15.0 Å². The first-order valence-electron chi connectivity index (χ1n) is 10.3. The fourth-order valence-corrected chi connectivity index (χ4v) is 4.90. The van der Waals surface area contributed by atoms with Crippen molar-refractivity contribution in [2.75, 3.05) is 22.8 Å². The lowest BCUT2D eigenvalue weighted by Gasteiger charge is -2.16. The maximum atomic E-state index is 12.9. The van der Waals surface area contributed by atoms with Crippen molar-refractivity contribution in [3.63, 3.8) is 0 Å². The first-order chi connectivity index (χ1) is 15.8. The van der Waals surface area contributed by atoms with Crippen molar-refractivity contribution >= 4 is 49.6 Å². The van der Waals surface area contributed by atoms with Gasteiger partial charge in [0.1, 0.15) is 16.4 Å². The van der Waals surface area contributed by atoms with Crippen LogP contribution < -0.4 is 20.5 Å².